The summed E-state index contributed by atoms with van der Waals surface area (Å²) >= 11 is 1.01. The zero-order chi connectivity index (χ0) is 28.8. The number of fused-ring (bicyclic) bond motifs is 6. The minimum atomic E-state index is -5.08. The molecule has 4 heterocycles. The lowest BCUT2D eigenvalue weighted by molar-refractivity contribution is -0.192. The molecular formula is C23H14F3N5O8S. The van der Waals surface area contributed by atoms with Crippen LogP contribution in [0.15, 0.2) is 42.5 Å². The highest BCUT2D eigenvalue weighted by Crippen LogP contribution is 2.43. The maximum atomic E-state index is 13.3. The highest BCUT2D eigenvalue weighted by atomic mass is 32.1. The lowest BCUT2D eigenvalue weighted by Crippen LogP contribution is -2.57. The van der Waals surface area contributed by atoms with Crippen molar-refractivity contribution in [2.75, 3.05) is 12.1 Å². The van der Waals surface area contributed by atoms with Gasteiger partial charge in [0, 0.05) is 5.39 Å². The van der Waals surface area contributed by atoms with Crippen LogP contribution in [0.5, 0.6) is 17.2 Å². The number of carbonyl (C=O) groups is 3. The van der Waals surface area contributed by atoms with Gasteiger partial charge in [0.25, 0.3) is 5.91 Å². The number of aliphatic carboxylic acids is 2. The van der Waals surface area contributed by atoms with Crippen molar-refractivity contribution in [3.05, 3.63) is 53.7 Å². The zero-order valence-electron chi connectivity index (χ0n) is 19.5. The Kier molecular flexibility index (Phi) is 6.29. The Bertz CT molecular complexity index is 1700. The van der Waals surface area contributed by atoms with Crippen molar-refractivity contribution in [2.45, 2.75) is 11.8 Å². The monoisotopic (exact) mass is 577 g/mol. The van der Waals surface area contributed by atoms with Crippen molar-refractivity contribution in [3.8, 4) is 27.8 Å². The number of anilines is 1. The first-order valence-electron chi connectivity index (χ1n) is 10.9. The number of aromatic hydroxyl groups is 1. The summed E-state index contributed by atoms with van der Waals surface area (Å²) in [6.07, 6.45) is -5.08. The van der Waals surface area contributed by atoms with E-state index in [-0.39, 0.29) is 40.2 Å². The molecule has 6 rings (SSSR count). The molecule has 13 nitrogen and oxygen atoms in total. The van der Waals surface area contributed by atoms with Crippen LogP contribution in [0.25, 0.3) is 21.5 Å². The topological polar surface area (TPSA) is 193 Å². The number of carboxylic acid groups (broad SMARTS) is 2. The fraction of sp³-hybridized carbons (Fsp3) is 0.130. The fourth-order valence-corrected chi connectivity index (χ4v) is 4.69. The highest BCUT2D eigenvalue weighted by molar-refractivity contribution is 7.18. The molecule has 1 amide bonds. The highest BCUT2D eigenvalue weighted by Gasteiger charge is 2.47. The predicted molar refractivity (Wildman–Crippen MR) is 129 cm³/mol. The summed E-state index contributed by atoms with van der Waals surface area (Å²) in [6, 6.07) is 11.2. The lowest BCUT2D eigenvalue weighted by Gasteiger charge is -2.32. The SMILES string of the molecule is O=C(O)C(F)(F)F.O=C1N[C@@](C(=O)O)(c2cccc3c2OCO3)Nc2nnc(s2)-c2ccc3ccc1nc3c2O. The molecule has 4 aromatic rings. The lowest BCUT2D eigenvalue weighted by atomic mass is 9.97. The van der Waals surface area contributed by atoms with Crippen LogP contribution in [0.4, 0.5) is 18.3 Å². The Morgan fingerprint density at radius 1 is 1.02 bits per heavy atom. The fourth-order valence-electron chi connectivity index (χ4n) is 3.86. The summed E-state index contributed by atoms with van der Waals surface area (Å²) in [6.45, 7) is -0.0922. The quantitative estimate of drug-likeness (QED) is 0.234. The molecular weight excluding hydrogens is 563 g/mol. The second-order valence-corrected chi connectivity index (χ2v) is 9.10. The maximum Gasteiger partial charge on any atom is 0.490 e. The molecule has 0 saturated carbocycles. The average molecular weight is 577 g/mol. The van der Waals surface area contributed by atoms with Gasteiger partial charge in [-0.05, 0) is 18.2 Å². The first kappa shape index (κ1) is 26.4. The molecule has 0 fully saturated rings. The van der Waals surface area contributed by atoms with Crippen LogP contribution in [-0.2, 0) is 15.3 Å². The van der Waals surface area contributed by atoms with Gasteiger partial charge in [-0.15, -0.1) is 10.2 Å². The van der Waals surface area contributed by atoms with E-state index in [9.17, 15) is 33.0 Å². The van der Waals surface area contributed by atoms with Crippen molar-refractivity contribution in [2.24, 2.45) is 0 Å². The molecule has 0 aliphatic carbocycles. The van der Waals surface area contributed by atoms with Gasteiger partial charge < -0.3 is 35.4 Å². The van der Waals surface area contributed by atoms with Gasteiger partial charge in [-0.2, -0.15) is 13.2 Å². The minimum absolute atomic E-state index is 0.0865. The van der Waals surface area contributed by atoms with Gasteiger partial charge in [0.05, 0.1) is 11.1 Å². The van der Waals surface area contributed by atoms with Crippen LogP contribution >= 0.6 is 11.3 Å². The van der Waals surface area contributed by atoms with Crippen LogP contribution in [0, 0.1) is 0 Å². The predicted octanol–water partition coefficient (Wildman–Crippen LogP) is 2.91. The van der Waals surface area contributed by atoms with Gasteiger partial charge >= 0.3 is 18.1 Å². The van der Waals surface area contributed by atoms with Gasteiger partial charge in [-0.25, -0.2) is 14.6 Å². The number of ether oxygens (including phenoxy) is 2. The third-order valence-corrected chi connectivity index (χ3v) is 6.55. The van der Waals surface area contributed by atoms with Gasteiger partial charge in [0.2, 0.25) is 17.6 Å². The Morgan fingerprint density at radius 2 is 1.75 bits per heavy atom. The number of pyridine rings is 1. The summed E-state index contributed by atoms with van der Waals surface area (Å²) in [5, 5.41) is 42.8. The van der Waals surface area contributed by atoms with E-state index in [0.29, 0.717) is 21.7 Å². The summed E-state index contributed by atoms with van der Waals surface area (Å²) in [5.41, 5.74) is -1.63. The molecule has 17 heteroatoms. The van der Waals surface area contributed by atoms with Crippen LogP contribution in [0.2, 0.25) is 0 Å². The Balaban J connectivity index is 0.000000411. The van der Waals surface area contributed by atoms with E-state index < -0.39 is 29.7 Å². The van der Waals surface area contributed by atoms with E-state index in [2.05, 4.69) is 25.8 Å². The molecule has 0 unspecified atom stereocenters. The number of hydrogen-bond donors (Lipinski definition) is 5. The molecule has 2 aromatic heterocycles. The standard InChI is InChI=1S/C21H13N5O6S.C2HF3O2/c27-15-10-6-4-9-5-7-12(22-14(9)15)17(28)23-21(19(29)30,24-20-26-25-18(10)33-20)11-2-1-3-13-16(11)32-8-31-13;3-2(4,5)1(6)7/h1-7,27H,8H2,(H,23,28)(H,24,26)(H,29,30);(H,6,7)/t21-;/m0./s1. The van der Waals surface area contributed by atoms with Crippen molar-refractivity contribution >= 4 is 45.2 Å². The molecule has 206 valence electrons. The van der Waals surface area contributed by atoms with Crippen molar-refractivity contribution in [1.29, 1.82) is 0 Å². The Labute approximate surface area is 223 Å². The largest absolute Gasteiger partial charge is 0.505 e. The van der Waals surface area contributed by atoms with E-state index in [0.717, 1.165) is 11.3 Å². The van der Waals surface area contributed by atoms with Crippen LogP contribution in [-0.4, -0.2) is 61.3 Å². The second-order valence-electron chi connectivity index (χ2n) is 8.12. The number of nitrogens with one attached hydrogen (secondary N) is 2. The summed E-state index contributed by atoms with van der Waals surface area (Å²) in [5.74, 6) is -4.60. The normalized spacial score (nSPS) is 17.2. The molecule has 2 aliphatic rings. The van der Waals surface area contributed by atoms with Crippen LogP contribution < -0.4 is 20.1 Å². The molecule has 5 bridgehead atoms. The number of halogens is 3. The number of aromatic nitrogens is 3. The van der Waals surface area contributed by atoms with E-state index in [4.69, 9.17) is 19.4 Å². The van der Waals surface area contributed by atoms with Crippen LogP contribution in [0.3, 0.4) is 0 Å². The van der Waals surface area contributed by atoms with E-state index in [1.54, 1.807) is 30.3 Å². The van der Waals surface area contributed by atoms with Gasteiger partial charge in [-0.3, -0.25) is 4.79 Å². The molecule has 2 aromatic carbocycles. The number of rotatable bonds is 2. The number of amides is 1. The summed E-state index contributed by atoms with van der Waals surface area (Å²) < 4.78 is 42.7. The second kappa shape index (κ2) is 9.53. The summed E-state index contributed by atoms with van der Waals surface area (Å²) in [4.78, 5) is 39.2. The Hall–Kier alpha value is -5.19. The third-order valence-electron chi connectivity index (χ3n) is 5.68. The maximum absolute atomic E-state index is 13.3. The zero-order valence-corrected chi connectivity index (χ0v) is 20.3. The molecule has 2 aliphatic heterocycles. The summed E-state index contributed by atoms with van der Waals surface area (Å²) in [7, 11) is 0. The number of para-hydroxylation sites is 1. The minimum Gasteiger partial charge on any atom is -0.505 e. The number of alkyl halides is 3. The molecule has 0 saturated heterocycles. The number of benzene rings is 2. The molecule has 0 radical (unpaired) electrons. The first-order chi connectivity index (χ1) is 18.9. The van der Waals surface area contributed by atoms with Crippen molar-refractivity contribution in [3.63, 3.8) is 0 Å². The number of phenolic OH excluding ortho intramolecular Hbond substituents is 1. The number of phenols is 1. The first-order valence-corrected chi connectivity index (χ1v) is 11.7. The van der Waals surface area contributed by atoms with Gasteiger partial charge in [-0.1, -0.05) is 35.6 Å². The van der Waals surface area contributed by atoms with Crippen molar-refractivity contribution in [1.82, 2.24) is 20.5 Å². The Morgan fingerprint density at radius 3 is 2.45 bits per heavy atom. The van der Waals surface area contributed by atoms with E-state index >= 15 is 0 Å². The molecule has 40 heavy (non-hydrogen) atoms. The van der Waals surface area contributed by atoms with Gasteiger partial charge in [0.15, 0.2) is 22.3 Å². The molecule has 1 atom stereocenters. The molecule has 5 N–H and O–H groups in total. The van der Waals surface area contributed by atoms with Gasteiger partial charge in [0.1, 0.15) is 11.2 Å². The number of carboxylic acids is 2. The number of nitrogens with zero attached hydrogens (tertiary/aromatic N) is 3. The average Bonchev–Trinajstić information content (AvgIpc) is 3.57. The number of carbonyl (C=O) groups excluding carboxylic acids is 1. The smallest absolute Gasteiger partial charge is 0.490 e. The van der Waals surface area contributed by atoms with Crippen molar-refractivity contribution < 1.29 is 52.3 Å². The molecule has 0 spiro atoms. The van der Waals surface area contributed by atoms with E-state index in [1.807, 2.05) is 0 Å². The third kappa shape index (κ3) is 4.51. The van der Waals surface area contributed by atoms with E-state index in [1.165, 1.54) is 12.1 Å². The number of hydrogen-bond acceptors (Lipinski definition) is 11. The van der Waals surface area contributed by atoms with Crippen LogP contribution in [0.1, 0.15) is 16.1 Å².